The van der Waals surface area contributed by atoms with E-state index in [9.17, 15) is 17.6 Å². The van der Waals surface area contributed by atoms with E-state index in [1.165, 1.54) is 12.3 Å². The standard InChI is InChI=1S/C14H9F4N3/c1-6-8-3-9(15)10(16)4-11(8)20-13(6)7-2-12(14(17)18)21-19-5-7/h2-6,14H,1H3. The van der Waals surface area contributed by atoms with Crippen molar-refractivity contribution in [2.45, 2.75) is 19.3 Å². The number of halogens is 4. The van der Waals surface area contributed by atoms with Crippen molar-refractivity contribution in [2.24, 2.45) is 4.99 Å². The topological polar surface area (TPSA) is 38.1 Å². The number of aromatic nitrogens is 2. The van der Waals surface area contributed by atoms with Crippen molar-refractivity contribution in [3.8, 4) is 0 Å². The molecule has 0 aliphatic carbocycles. The lowest BCUT2D eigenvalue weighted by Crippen LogP contribution is -2.09. The van der Waals surface area contributed by atoms with Crippen LogP contribution in [0.2, 0.25) is 0 Å². The zero-order chi connectivity index (χ0) is 15.1. The lowest BCUT2D eigenvalue weighted by Gasteiger charge is -2.09. The number of fused-ring (bicyclic) bond motifs is 1. The SMILES string of the molecule is CC1C(c2cnnc(C(F)F)c2)=Nc2cc(F)c(F)cc21. The molecule has 1 aliphatic rings. The summed E-state index contributed by atoms with van der Waals surface area (Å²) in [5.74, 6) is -2.30. The van der Waals surface area contributed by atoms with Gasteiger partial charge in [-0.1, -0.05) is 6.92 Å². The number of nitrogens with zero attached hydrogens (tertiary/aromatic N) is 3. The van der Waals surface area contributed by atoms with Gasteiger partial charge >= 0.3 is 0 Å². The molecular formula is C14H9F4N3. The summed E-state index contributed by atoms with van der Waals surface area (Å²) in [7, 11) is 0. The molecule has 0 bridgehead atoms. The zero-order valence-electron chi connectivity index (χ0n) is 10.8. The molecular weight excluding hydrogens is 286 g/mol. The third-order valence-corrected chi connectivity index (χ3v) is 3.38. The highest BCUT2D eigenvalue weighted by molar-refractivity contribution is 6.09. The summed E-state index contributed by atoms with van der Waals surface area (Å²) in [5, 5.41) is 6.86. The van der Waals surface area contributed by atoms with Gasteiger partial charge in [0.25, 0.3) is 6.43 Å². The monoisotopic (exact) mass is 295 g/mol. The summed E-state index contributed by atoms with van der Waals surface area (Å²) in [6.07, 6.45) is -1.44. The molecule has 0 saturated heterocycles. The van der Waals surface area contributed by atoms with Crippen LogP contribution in [0.1, 0.15) is 36.1 Å². The minimum atomic E-state index is -2.74. The van der Waals surface area contributed by atoms with Gasteiger partial charge in [-0.2, -0.15) is 5.10 Å². The molecule has 21 heavy (non-hydrogen) atoms. The van der Waals surface area contributed by atoms with Crippen LogP contribution in [0.25, 0.3) is 0 Å². The summed E-state index contributed by atoms with van der Waals surface area (Å²) in [6.45, 7) is 1.74. The first-order valence-electron chi connectivity index (χ1n) is 6.16. The zero-order valence-corrected chi connectivity index (χ0v) is 10.8. The van der Waals surface area contributed by atoms with E-state index in [1.54, 1.807) is 6.92 Å². The minimum Gasteiger partial charge on any atom is -0.252 e. The van der Waals surface area contributed by atoms with Crippen LogP contribution in [0.4, 0.5) is 23.2 Å². The molecule has 0 spiro atoms. The lowest BCUT2D eigenvalue weighted by molar-refractivity contribution is 0.145. The molecule has 1 unspecified atom stereocenters. The van der Waals surface area contributed by atoms with Gasteiger partial charge in [-0.05, 0) is 17.7 Å². The number of hydrogen-bond donors (Lipinski definition) is 0. The predicted octanol–water partition coefficient (Wildman–Crippen LogP) is 3.93. The lowest BCUT2D eigenvalue weighted by atomic mass is 9.94. The van der Waals surface area contributed by atoms with Crippen molar-refractivity contribution in [1.29, 1.82) is 0 Å². The maximum atomic E-state index is 13.3. The fourth-order valence-electron chi connectivity index (χ4n) is 2.31. The number of benzene rings is 1. The summed E-state index contributed by atoms with van der Waals surface area (Å²) in [6, 6.07) is 3.26. The molecule has 1 aromatic carbocycles. The molecule has 0 radical (unpaired) electrons. The molecule has 0 saturated carbocycles. The molecule has 3 nitrogen and oxygen atoms in total. The van der Waals surface area contributed by atoms with Gasteiger partial charge in [-0.25, -0.2) is 17.6 Å². The second kappa shape index (κ2) is 4.91. The highest BCUT2D eigenvalue weighted by Crippen LogP contribution is 2.38. The van der Waals surface area contributed by atoms with Gasteiger partial charge in [0, 0.05) is 17.5 Å². The van der Waals surface area contributed by atoms with Crippen LogP contribution in [0.5, 0.6) is 0 Å². The molecule has 0 N–H and O–H groups in total. The Balaban J connectivity index is 2.05. The molecule has 0 fully saturated rings. The molecule has 108 valence electrons. The molecule has 2 heterocycles. The van der Waals surface area contributed by atoms with E-state index in [0.29, 0.717) is 22.5 Å². The van der Waals surface area contributed by atoms with Gasteiger partial charge < -0.3 is 0 Å². The van der Waals surface area contributed by atoms with Gasteiger partial charge in [0.2, 0.25) is 0 Å². The largest absolute Gasteiger partial charge is 0.282 e. The second-order valence-corrected chi connectivity index (χ2v) is 4.71. The Morgan fingerprint density at radius 1 is 1.10 bits per heavy atom. The molecule has 3 rings (SSSR count). The van der Waals surface area contributed by atoms with Crippen molar-refractivity contribution in [2.75, 3.05) is 0 Å². The predicted molar refractivity (Wildman–Crippen MR) is 68.0 cm³/mol. The average Bonchev–Trinajstić information content (AvgIpc) is 2.77. The Hall–Kier alpha value is -2.31. The Bertz CT molecular complexity index is 743. The minimum absolute atomic E-state index is 0.298. The first kappa shape index (κ1) is 13.7. The fraction of sp³-hybridized carbons (Fsp3) is 0.214. The van der Waals surface area contributed by atoms with E-state index < -0.39 is 23.8 Å². The van der Waals surface area contributed by atoms with E-state index >= 15 is 0 Å². The number of aliphatic imine (C=N–C) groups is 1. The van der Waals surface area contributed by atoms with Crippen LogP contribution in [-0.4, -0.2) is 15.9 Å². The first-order valence-corrected chi connectivity index (χ1v) is 6.16. The van der Waals surface area contributed by atoms with E-state index in [0.717, 1.165) is 12.1 Å². The molecule has 7 heteroatoms. The highest BCUT2D eigenvalue weighted by Gasteiger charge is 2.27. The second-order valence-electron chi connectivity index (χ2n) is 4.71. The fourth-order valence-corrected chi connectivity index (χ4v) is 2.31. The van der Waals surface area contributed by atoms with E-state index in [2.05, 4.69) is 15.2 Å². The highest BCUT2D eigenvalue weighted by atomic mass is 19.3. The van der Waals surface area contributed by atoms with Gasteiger partial charge in [0.15, 0.2) is 11.6 Å². The average molecular weight is 295 g/mol. The number of rotatable bonds is 2. The Labute approximate surface area is 117 Å². The van der Waals surface area contributed by atoms with Crippen LogP contribution in [0, 0.1) is 11.6 Å². The smallest absolute Gasteiger partial charge is 0.252 e. The van der Waals surface area contributed by atoms with Gasteiger partial charge in [-0.3, -0.25) is 4.99 Å². The van der Waals surface area contributed by atoms with Crippen LogP contribution in [0.3, 0.4) is 0 Å². The molecule has 1 atom stereocenters. The summed E-state index contributed by atoms with van der Waals surface area (Å²) in [4.78, 5) is 4.20. The van der Waals surface area contributed by atoms with Crippen molar-refractivity contribution in [1.82, 2.24) is 10.2 Å². The quantitative estimate of drug-likeness (QED) is 0.787. The molecule has 0 amide bonds. The molecule has 1 aromatic heterocycles. The van der Waals surface area contributed by atoms with Gasteiger partial charge in [-0.15, -0.1) is 5.10 Å². The van der Waals surface area contributed by atoms with Crippen molar-refractivity contribution in [3.63, 3.8) is 0 Å². The van der Waals surface area contributed by atoms with Crippen LogP contribution >= 0.6 is 0 Å². The van der Waals surface area contributed by atoms with E-state index in [4.69, 9.17) is 0 Å². The summed E-state index contributed by atoms with van der Waals surface area (Å²) in [5.41, 5.74) is 1.15. The number of alkyl halides is 2. The van der Waals surface area contributed by atoms with E-state index in [-0.39, 0.29) is 5.92 Å². The Morgan fingerprint density at radius 2 is 1.81 bits per heavy atom. The van der Waals surface area contributed by atoms with Crippen molar-refractivity contribution in [3.05, 3.63) is 52.9 Å². The normalized spacial score (nSPS) is 17.0. The van der Waals surface area contributed by atoms with Crippen LogP contribution in [0.15, 0.2) is 29.4 Å². The number of hydrogen-bond acceptors (Lipinski definition) is 3. The Morgan fingerprint density at radius 3 is 2.52 bits per heavy atom. The van der Waals surface area contributed by atoms with Crippen molar-refractivity contribution < 1.29 is 17.6 Å². The molecule has 1 aliphatic heterocycles. The van der Waals surface area contributed by atoms with Crippen LogP contribution < -0.4 is 0 Å². The van der Waals surface area contributed by atoms with Gasteiger partial charge in [0.05, 0.1) is 17.6 Å². The summed E-state index contributed by atoms with van der Waals surface area (Å²) >= 11 is 0. The molecule has 2 aromatic rings. The van der Waals surface area contributed by atoms with Crippen molar-refractivity contribution >= 4 is 11.4 Å². The third-order valence-electron chi connectivity index (χ3n) is 3.38. The maximum absolute atomic E-state index is 13.3. The first-order chi connectivity index (χ1) is 9.97. The summed E-state index contributed by atoms with van der Waals surface area (Å²) < 4.78 is 51.9. The Kier molecular flexibility index (Phi) is 3.19. The van der Waals surface area contributed by atoms with Gasteiger partial charge in [0.1, 0.15) is 5.69 Å². The third kappa shape index (κ3) is 2.28. The van der Waals surface area contributed by atoms with Crippen LogP contribution in [-0.2, 0) is 0 Å². The maximum Gasteiger partial charge on any atom is 0.282 e. The van der Waals surface area contributed by atoms with E-state index in [1.807, 2.05) is 0 Å².